The van der Waals surface area contributed by atoms with Crippen molar-refractivity contribution in [3.05, 3.63) is 36.4 Å². The Balaban J connectivity index is 0.00000364. The van der Waals surface area contributed by atoms with Gasteiger partial charge >= 0.3 is 18.9 Å². The molecule has 0 saturated heterocycles. The second-order valence-electron chi connectivity index (χ2n) is 6.22. The second-order valence-corrected chi connectivity index (χ2v) is 7.56. The molecule has 0 aromatic heterocycles. The first-order chi connectivity index (χ1) is 12.2. The summed E-state index contributed by atoms with van der Waals surface area (Å²) in [5, 5.41) is 20.5. The van der Waals surface area contributed by atoms with E-state index in [4.69, 9.17) is 4.74 Å². The van der Waals surface area contributed by atoms with Gasteiger partial charge in [0.2, 0.25) is 0 Å². The van der Waals surface area contributed by atoms with Crippen molar-refractivity contribution in [2.45, 2.75) is 30.4 Å². The van der Waals surface area contributed by atoms with Crippen molar-refractivity contribution in [3.8, 4) is 0 Å². The summed E-state index contributed by atoms with van der Waals surface area (Å²) in [7, 11) is -2.82. The Labute approximate surface area is 171 Å². The molecule has 7 nitrogen and oxygen atoms in total. The number of rotatable bonds is 9. The van der Waals surface area contributed by atoms with Crippen LogP contribution in [0.1, 0.15) is 13.3 Å². The van der Waals surface area contributed by atoms with Crippen molar-refractivity contribution in [1.29, 1.82) is 0 Å². The van der Waals surface area contributed by atoms with Gasteiger partial charge in [-0.3, -0.25) is 0 Å². The van der Waals surface area contributed by atoms with E-state index in [0.29, 0.717) is 22.9 Å². The van der Waals surface area contributed by atoms with Gasteiger partial charge in [0, 0.05) is 30.1 Å². The van der Waals surface area contributed by atoms with E-state index in [0.717, 1.165) is 0 Å². The molecule has 2 unspecified atom stereocenters. The van der Waals surface area contributed by atoms with Crippen LogP contribution in [0.4, 0.5) is 5.69 Å². The van der Waals surface area contributed by atoms with Gasteiger partial charge in [0.05, 0.1) is 30.3 Å². The maximum absolute atomic E-state index is 11.5. The SMILES string of the molecule is CCC(O)COCC(O)CN(C)c1ccc(S(=O)(=O)[O-])c2ccccc12.[Li+]. The third-order valence-electron chi connectivity index (χ3n) is 4.12. The molecule has 2 aromatic carbocycles. The van der Waals surface area contributed by atoms with Crippen molar-refractivity contribution in [2.24, 2.45) is 0 Å². The standard InChI is InChI=1S/C18H25NO6S.Li/c1-3-13(20)11-25-12-14(21)10-19(2)17-8-9-18(26(22,23)24)16-7-5-4-6-15(16)17;/h4-9,13-14,20-21H,3,10-12H2,1-2H3,(H,22,23,24);/q;+1/p-1. The topological polar surface area (TPSA) is 110 Å². The van der Waals surface area contributed by atoms with Crippen molar-refractivity contribution < 1.29 is 46.8 Å². The zero-order valence-corrected chi connectivity index (χ0v) is 16.6. The van der Waals surface area contributed by atoms with Gasteiger partial charge in [-0.2, -0.15) is 0 Å². The molecular weight excluding hydrogens is 365 g/mol. The molecular formula is C18H24LiNO6S. The number of aliphatic hydroxyl groups is 2. The monoisotopic (exact) mass is 389 g/mol. The van der Waals surface area contributed by atoms with Gasteiger partial charge in [-0.25, -0.2) is 8.42 Å². The van der Waals surface area contributed by atoms with E-state index in [-0.39, 0.29) is 43.5 Å². The van der Waals surface area contributed by atoms with Gasteiger partial charge in [-0.1, -0.05) is 31.2 Å². The maximum Gasteiger partial charge on any atom is 1.00 e. The Bertz CT molecular complexity index is 845. The molecule has 144 valence electrons. The number of fused-ring (bicyclic) bond motifs is 1. The minimum Gasteiger partial charge on any atom is -0.744 e. The summed E-state index contributed by atoms with van der Waals surface area (Å²) in [4.78, 5) is 1.51. The average molecular weight is 389 g/mol. The predicted molar refractivity (Wildman–Crippen MR) is 98.3 cm³/mol. The molecule has 0 fully saturated rings. The number of anilines is 1. The molecule has 0 spiro atoms. The summed E-state index contributed by atoms with van der Waals surface area (Å²) >= 11 is 0. The summed E-state index contributed by atoms with van der Waals surface area (Å²) in [5.41, 5.74) is 0.695. The Kier molecular flexibility index (Phi) is 9.25. The first kappa shape index (κ1) is 23.9. The molecule has 0 aliphatic heterocycles. The van der Waals surface area contributed by atoms with E-state index < -0.39 is 22.3 Å². The van der Waals surface area contributed by atoms with Crippen LogP contribution in [-0.4, -0.2) is 62.2 Å². The van der Waals surface area contributed by atoms with Crippen LogP contribution >= 0.6 is 0 Å². The Morgan fingerprint density at radius 3 is 2.26 bits per heavy atom. The fourth-order valence-corrected chi connectivity index (χ4v) is 3.41. The van der Waals surface area contributed by atoms with Crippen LogP contribution in [0.3, 0.4) is 0 Å². The van der Waals surface area contributed by atoms with Gasteiger partial charge < -0.3 is 24.4 Å². The van der Waals surface area contributed by atoms with Gasteiger partial charge in [-0.05, 0) is 18.6 Å². The molecule has 2 aromatic rings. The van der Waals surface area contributed by atoms with Gasteiger partial charge in [0.1, 0.15) is 10.1 Å². The number of benzene rings is 2. The van der Waals surface area contributed by atoms with Gasteiger partial charge in [0.15, 0.2) is 0 Å². The quantitative estimate of drug-likeness (QED) is 0.390. The third kappa shape index (κ3) is 6.47. The van der Waals surface area contributed by atoms with E-state index in [1.54, 1.807) is 42.3 Å². The molecule has 0 amide bonds. The van der Waals surface area contributed by atoms with Crippen LogP contribution in [-0.2, 0) is 14.9 Å². The third-order valence-corrected chi connectivity index (χ3v) is 5.01. The molecule has 0 heterocycles. The van der Waals surface area contributed by atoms with Crippen LogP contribution in [0, 0.1) is 0 Å². The first-order valence-electron chi connectivity index (χ1n) is 8.36. The van der Waals surface area contributed by atoms with Crippen molar-refractivity contribution >= 4 is 26.6 Å². The van der Waals surface area contributed by atoms with Crippen LogP contribution in [0.15, 0.2) is 41.3 Å². The Morgan fingerprint density at radius 2 is 1.67 bits per heavy atom. The Morgan fingerprint density at radius 1 is 1.07 bits per heavy atom. The molecule has 0 saturated carbocycles. The normalized spacial score (nSPS) is 13.8. The minimum absolute atomic E-state index is 0. The second kappa shape index (κ2) is 10.4. The molecule has 0 radical (unpaired) electrons. The average Bonchev–Trinajstić information content (AvgIpc) is 2.59. The summed E-state index contributed by atoms with van der Waals surface area (Å²) in [6, 6.07) is 9.59. The number of hydrogen-bond acceptors (Lipinski definition) is 7. The number of likely N-dealkylation sites (N-methyl/N-ethyl adjacent to an activating group) is 1. The van der Waals surface area contributed by atoms with Crippen LogP contribution in [0.5, 0.6) is 0 Å². The summed E-state index contributed by atoms with van der Waals surface area (Å²) < 4.78 is 39.7. The van der Waals surface area contributed by atoms with E-state index in [1.807, 2.05) is 6.92 Å². The molecule has 2 atom stereocenters. The van der Waals surface area contributed by atoms with E-state index >= 15 is 0 Å². The zero-order chi connectivity index (χ0) is 19.3. The summed E-state index contributed by atoms with van der Waals surface area (Å²) in [6.45, 7) is 2.33. The van der Waals surface area contributed by atoms with E-state index in [9.17, 15) is 23.2 Å². The van der Waals surface area contributed by atoms with Crippen molar-refractivity contribution in [2.75, 3.05) is 31.7 Å². The maximum atomic E-state index is 11.5. The van der Waals surface area contributed by atoms with Crippen molar-refractivity contribution in [3.63, 3.8) is 0 Å². The molecule has 2 rings (SSSR count). The number of ether oxygens (including phenoxy) is 1. The number of aliphatic hydroxyl groups excluding tert-OH is 2. The molecule has 9 heteroatoms. The van der Waals surface area contributed by atoms with Crippen LogP contribution in [0.2, 0.25) is 0 Å². The van der Waals surface area contributed by atoms with Crippen LogP contribution in [0.25, 0.3) is 10.8 Å². The molecule has 0 aliphatic carbocycles. The fourth-order valence-electron chi connectivity index (χ4n) is 2.73. The van der Waals surface area contributed by atoms with Gasteiger partial charge in [0.25, 0.3) is 0 Å². The summed E-state index contributed by atoms with van der Waals surface area (Å²) in [5.74, 6) is 0. The van der Waals surface area contributed by atoms with E-state index in [1.165, 1.54) is 6.07 Å². The molecule has 27 heavy (non-hydrogen) atoms. The number of hydrogen-bond donors (Lipinski definition) is 2. The summed E-state index contributed by atoms with van der Waals surface area (Å²) in [6.07, 6.45) is -0.757. The zero-order valence-electron chi connectivity index (χ0n) is 15.8. The minimum atomic E-state index is -4.58. The van der Waals surface area contributed by atoms with Crippen molar-refractivity contribution in [1.82, 2.24) is 0 Å². The molecule has 2 N–H and O–H groups in total. The Hall–Kier alpha value is -1.11. The van der Waals surface area contributed by atoms with Gasteiger partial charge in [-0.15, -0.1) is 0 Å². The number of nitrogens with zero attached hydrogens (tertiary/aromatic N) is 1. The first-order valence-corrected chi connectivity index (χ1v) is 9.77. The smallest absolute Gasteiger partial charge is 0.744 e. The van der Waals surface area contributed by atoms with Crippen LogP contribution < -0.4 is 23.8 Å². The molecule has 0 bridgehead atoms. The van der Waals surface area contributed by atoms with E-state index in [2.05, 4.69) is 0 Å². The largest absolute Gasteiger partial charge is 1.00 e. The molecule has 0 aliphatic rings. The fraction of sp³-hybridized carbons (Fsp3) is 0.444. The predicted octanol–water partition coefficient (Wildman–Crippen LogP) is -1.67.